The lowest BCUT2D eigenvalue weighted by Gasteiger charge is -2.06. The summed E-state index contributed by atoms with van der Waals surface area (Å²) in [6, 6.07) is 12.3. The molecule has 2 amide bonds. The van der Waals surface area contributed by atoms with Crippen LogP contribution >= 0.6 is 23.2 Å². The number of carbonyl (C=O) groups is 2. The largest absolute Gasteiger partial charge is 0.329 e. The summed E-state index contributed by atoms with van der Waals surface area (Å²) in [6.45, 7) is 4.21. The van der Waals surface area contributed by atoms with E-state index in [1.54, 1.807) is 6.07 Å². The molecule has 2 N–H and O–H groups in total. The van der Waals surface area contributed by atoms with Gasteiger partial charge in [-0.25, -0.2) is 5.43 Å². The van der Waals surface area contributed by atoms with Gasteiger partial charge in [0.1, 0.15) is 0 Å². The van der Waals surface area contributed by atoms with Gasteiger partial charge in [-0.3, -0.25) is 9.59 Å². The van der Waals surface area contributed by atoms with Crippen LogP contribution in [0.25, 0.3) is 0 Å². The Balaban J connectivity index is 1.92. The van der Waals surface area contributed by atoms with Gasteiger partial charge in [-0.05, 0) is 35.2 Å². The molecule has 0 atom stereocenters. The number of nitrogens with zero attached hydrogens (tertiary/aromatic N) is 1. The van der Waals surface area contributed by atoms with Crippen molar-refractivity contribution < 1.29 is 9.59 Å². The number of benzene rings is 2. The third-order valence-electron chi connectivity index (χ3n) is 3.37. The Morgan fingerprint density at radius 1 is 1.04 bits per heavy atom. The molecule has 0 saturated carbocycles. The maximum absolute atomic E-state index is 11.8. The van der Waals surface area contributed by atoms with Gasteiger partial charge in [0.15, 0.2) is 0 Å². The molecule has 0 aliphatic carbocycles. The summed E-state index contributed by atoms with van der Waals surface area (Å²) in [5.41, 5.74) is 4.43. The molecule has 0 spiro atoms. The van der Waals surface area contributed by atoms with Crippen LogP contribution in [0.1, 0.15) is 30.9 Å². The molecule has 2 aromatic rings. The molecule has 0 saturated heterocycles. The van der Waals surface area contributed by atoms with E-state index >= 15 is 0 Å². The fourth-order valence-electron chi connectivity index (χ4n) is 1.96. The van der Waals surface area contributed by atoms with Crippen LogP contribution in [0.3, 0.4) is 0 Å². The molecule has 0 unspecified atom stereocenters. The molecule has 5 nitrogen and oxygen atoms in total. The van der Waals surface area contributed by atoms with Crippen LogP contribution in [0.4, 0.5) is 5.69 Å². The lowest BCUT2D eigenvalue weighted by molar-refractivity contribution is -0.136. The van der Waals surface area contributed by atoms with Gasteiger partial charge in [-0.2, -0.15) is 5.10 Å². The van der Waals surface area contributed by atoms with Crippen LogP contribution in [0.2, 0.25) is 10.0 Å². The highest BCUT2D eigenvalue weighted by atomic mass is 35.5. The highest BCUT2D eigenvalue weighted by Crippen LogP contribution is 2.25. The van der Waals surface area contributed by atoms with Gasteiger partial charge in [0.2, 0.25) is 0 Å². The molecule has 7 heteroatoms. The average Bonchev–Trinajstić information content (AvgIpc) is 2.58. The zero-order valence-electron chi connectivity index (χ0n) is 13.7. The first-order valence-electron chi connectivity index (χ1n) is 7.56. The molecule has 2 rings (SSSR count). The second kappa shape index (κ2) is 8.65. The topological polar surface area (TPSA) is 70.6 Å². The Morgan fingerprint density at radius 3 is 2.36 bits per heavy atom. The molecule has 0 aliphatic rings. The van der Waals surface area contributed by atoms with Gasteiger partial charge in [0, 0.05) is 5.02 Å². The van der Waals surface area contributed by atoms with Crippen molar-refractivity contribution in [2.24, 2.45) is 5.10 Å². The van der Waals surface area contributed by atoms with E-state index in [1.807, 2.05) is 24.3 Å². The van der Waals surface area contributed by atoms with Crippen LogP contribution < -0.4 is 10.7 Å². The van der Waals surface area contributed by atoms with Gasteiger partial charge < -0.3 is 5.32 Å². The molecule has 0 aliphatic heterocycles. The van der Waals surface area contributed by atoms with E-state index in [-0.39, 0.29) is 10.7 Å². The minimum absolute atomic E-state index is 0.252. The van der Waals surface area contributed by atoms with Crippen molar-refractivity contribution in [2.45, 2.75) is 19.8 Å². The van der Waals surface area contributed by atoms with Gasteiger partial charge in [0.25, 0.3) is 0 Å². The minimum Gasteiger partial charge on any atom is -0.316 e. The van der Waals surface area contributed by atoms with Crippen molar-refractivity contribution in [3.05, 3.63) is 63.6 Å². The Kier molecular flexibility index (Phi) is 6.56. The number of rotatable bonds is 4. The first-order chi connectivity index (χ1) is 11.9. The summed E-state index contributed by atoms with van der Waals surface area (Å²) < 4.78 is 0. The first kappa shape index (κ1) is 19.0. The van der Waals surface area contributed by atoms with Crippen LogP contribution in [0.15, 0.2) is 47.6 Å². The second-order valence-corrected chi connectivity index (χ2v) is 6.44. The zero-order valence-corrected chi connectivity index (χ0v) is 15.2. The molecule has 2 aromatic carbocycles. The standard InChI is InChI=1S/C18H17Cl2N3O2/c1-11(2)13-5-3-12(4-6-13)10-21-23-18(25)17(24)22-16-9-14(19)7-8-15(16)20/h3-11H,1-2H3,(H,22,24)(H,23,25)/b21-10+. The minimum atomic E-state index is -0.911. The Morgan fingerprint density at radius 2 is 1.72 bits per heavy atom. The molecule has 0 radical (unpaired) electrons. The van der Waals surface area contributed by atoms with Crippen molar-refractivity contribution in [2.75, 3.05) is 5.32 Å². The predicted octanol–water partition coefficient (Wildman–Crippen LogP) is 4.21. The Bertz CT molecular complexity index is 802. The summed E-state index contributed by atoms with van der Waals surface area (Å²) in [5.74, 6) is -1.37. The second-order valence-electron chi connectivity index (χ2n) is 5.60. The highest BCUT2D eigenvalue weighted by Gasteiger charge is 2.14. The van der Waals surface area contributed by atoms with Gasteiger partial charge in [-0.1, -0.05) is 61.3 Å². The summed E-state index contributed by atoms with van der Waals surface area (Å²) in [4.78, 5) is 23.6. The number of anilines is 1. The number of halogens is 2. The first-order valence-corrected chi connectivity index (χ1v) is 8.32. The maximum Gasteiger partial charge on any atom is 0.329 e. The lowest BCUT2D eigenvalue weighted by atomic mass is 10.0. The van der Waals surface area contributed by atoms with Crippen LogP contribution in [0.5, 0.6) is 0 Å². The van der Waals surface area contributed by atoms with Crippen LogP contribution in [-0.4, -0.2) is 18.0 Å². The number of amides is 2. The predicted molar refractivity (Wildman–Crippen MR) is 101 cm³/mol. The number of hydrogen-bond donors (Lipinski definition) is 2. The third-order valence-corrected chi connectivity index (χ3v) is 3.93. The van der Waals surface area contributed by atoms with E-state index < -0.39 is 11.8 Å². The van der Waals surface area contributed by atoms with Crippen LogP contribution in [0, 0.1) is 0 Å². The fraction of sp³-hybridized carbons (Fsp3) is 0.167. The average molecular weight is 378 g/mol. The summed E-state index contributed by atoms with van der Waals surface area (Å²) in [6.07, 6.45) is 1.46. The monoisotopic (exact) mass is 377 g/mol. The summed E-state index contributed by atoms with van der Waals surface area (Å²) >= 11 is 11.8. The Labute approximate surface area is 156 Å². The maximum atomic E-state index is 11.8. The summed E-state index contributed by atoms with van der Waals surface area (Å²) in [5, 5.41) is 6.82. The lowest BCUT2D eigenvalue weighted by Crippen LogP contribution is -2.32. The fourth-order valence-corrected chi connectivity index (χ4v) is 2.29. The highest BCUT2D eigenvalue weighted by molar-refractivity contribution is 6.42. The SMILES string of the molecule is CC(C)c1ccc(/C=N/NC(=O)C(=O)Nc2cc(Cl)ccc2Cl)cc1. The molecule has 130 valence electrons. The van der Waals surface area contributed by atoms with E-state index in [1.165, 1.54) is 23.9 Å². The van der Waals surface area contributed by atoms with Crippen molar-refractivity contribution >= 4 is 46.9 Å². The van der Waals surface area contributed by atoms with E-state index in [9.17, 15) is 9.59 Å². The van der Waals surface area contributed by atoms with Crippen LogP contribution in [-0.2, 0) is 9.59 Å². The molecular formula is C18H17Cl2N3O2. The molecule has 0 fully saturated rings. The molecule has 0 bridgehead atoms. The molecule has 0 heterocycles. The van der Waals surface area contributed by atoms with E-state index in [4.69, 9.17) is 23.2 Å². The quantitative estimate of drug-likeness (QED) is 0.476. The van der Waals surface area contributed by atoms with Crippen molar-refractivity contribution in [3.63, 3.8) is 0 Å². The number of carbonyl (C=O) groups excluding carboxylic acids is 2. The summed E-state index contributed by atoms with van der Waals surface area (Å²) in [7, 11) is 0. The molecule has 0 aromatic heterocycles. The normalized spacial score (nSPS) is 10.9. The third kappa shape index (κ3) is 5.59. The smallest absolute Gasteiger partial charge is 0.316 e. The van der Waals surface area contributed by atoms with Crippen molar-refractivity contribution in [3.8, 4) is 0 Å². The van der Waals surface area contributed by atoms with Gasteiger partial charge in [0.05, 0.1) is 16.9 Å². The van der Waals surface area contributed by atoms with Gasteiger partial charge in [-0.15, -0.1) is 0 Å². The van der Waals surface area contributed by atoms with E-state index in [0.29, 0.717) is 10.9 Å². The van der Waals surface area contributed by atoms with Gasteiger partial charge >= 0.3 is 11.8 Å². The number of hydrazone groups is 1. The number of nitrogens with one attached hydrogen (secondary N) is 2. The van der Waals surface area contributed by atoms with E-state index in [0.717, 1.165) is 5.56 Å². The molecular weight excluding hydrogens is 361 g/mol. The molecule has 25 heavy (non-hydrogen) atoms. The zero-order chi connectivity index (χ0) is 18.4. The number of hydrogen-bond acceptors (Lipinski definition) is 3. The van der Waals surface area contributed by atoms with Crippen molar-refractivity contribution in [1.82, 2.24) is 5.43 Å². The Hall–Kier alpha value is -2.37. The van der Waals surface area contributed by atoms with E-state index in [2.05, 4.69) is 29.7 Å². The van der Waals surface area contributed by atoms with Crippen molar-refractivity contribution in [1.29, 1.82) is 0 Å².